The van der Waals surface area contributed by atoms with Gasteiger partial charge in [-0.25, -0.2) is 4.98 Å². The minimum absolute atomic E-state index is 0.286. The number of nitrogens with one attached hydrogen (secondary N) is 1. The lowest BCUT2D eigenvalue weighted by Gasteiger charge is -2.03. The maximum Gasteiger partial charge on any atom is 0.231 e. The smallest absolute Gasteiger partial charge is 0.231 e. The second-order valence-electron chi connectivity index (χ2n) is 5.28. The fourth-order valence-electron chi connectivity index (χ4n) is 2.47. The van der Waals surface area contributed by atoms with E-state index >= 15 is 0 Å². The summed E-state index contributed by atoms with van der Waals surface area (Å²) in [5.41, 5.74) is 4.40. The van der Waals surface area contributed by atoms with Gasteiger partial charge in [0.1, 0.15) is 0 Å². The van der Waals surface area contributed by atoms with Gasteiger partial charge < -0.3 is 14.8 Å². The number of anilines is 2. The monoisotopic (exact) mass is 324 g/mol. The van der Waals surface area contributed by atoms with E-state index in [9.17, 15) is 0 Å². The summed E-state index contributed by atoms with van der Waals surface area (Å²) in [5, 5.41) is 6.24. The number of thiazole rings is 1. The summed E-state index contributed by atoms with van der Waals surface area (Å²) in [6, 6.07) is 14.3. The third kappa shape index (κ3) is 2.87. The Bertz CT molecular complexity index is 827. The van der Waals surface area contributed by atoms with E-state index in [-0.39, 0.29) is 6.79 Å². The summed E-state index contributed by atoms with van der Waals surface area (Å²) in [6.07, 6.45) is 1.05. The van der Waals surface area contributed by atoms with Crippen molar-refractivity contribution >= 4 is 22.2 Å². The Morgan fingerprint density at radius 1 is 1.09 bits per heavy atom. The molecule has 2 aromatic carbocycles. The minimum atomic E-state index is 0.286. The molecule has 2 heterocycles. The molecule has 1 aliphatic heterocycles. The first-order valence-corrected chi connectivity index (χ1v) is 8.41. The van der Waals surface area contributed by atoms with Crippen LogP contribution in [-0.4, -0.2) is 11.8 Å². The van der Waals surface area contributed by atoms with Crippen LogP contribution in [0.2, 0.25) is 0 Å². The van der Waals surface area contributed by atoms with E-state index in [0.717, 1.165) is 40.0 Å². The molecular weight excluding hydrogens is 308 g/mol. The largest absolute Gasteiger partial charge is 0.454 e. The Morgan fingerprint density at radius 3 is 2.74 bits per heavy atom. The van der Waals surface area contributed by atoms with Crippen LogP contribution in [0.3, 0.4) is 0 Å². The summed E-state index contributed by atoms with van der Waals surface area (Å²) in [5.74, 6) is 1.55. The average molecular weight is 324 g/mol. The molecule has 5 heteroatoms. The van der Waals surface area contributed by atoms with Crippen molar-refractivity contribution in [2.75, 3.05) is 12.1 Å². The second kappa shape index (κ2) is 5.93. The molecule has 4 rings (SSSR count). The molecule has 0 saturated heterocycles. The average Bonchev–Trinajstić information content (AvgIpc) is 3.24. The fourth-order valence-corrected chi connectivity index (χ4v) is 3.21. The highest BCUT2D eigenvalue weighted by Crippen LogP contribution is 2.36. The number of aryl methyl sites for hydroxylation is 1. The summed E-state index contributed by atoms with van der Waals surface area (Å²) in [7, 11) is 0. The maximum absolute atomic E-state index is 5.39. The molecule has 0 atom stereocenters. The molecule has 0 fully saturated rings. The summed E-state index contributed by atoms with van der Waals surface area (Å²) < 4.78 is 10.7. The lowest BCUT2D eigenvalue weighted by atomic mass is 10.1. The van der Waals surface area contributed by atoms with Gasteiger partial charge in [-0.15, -0.1) is 11.3 Å². The van der Waals surface area contributed by atoms with E-state index in [2.05, 4.69) is 46.9 Å². The normalized spacial score (nSPS) is 12.4. The molecule has 4 nitrogen and oxygen atoms in total. The van der Waals surface area contributed by atoms with Crippen molar-refractivity contribution in [3.8, 4) is 22.8 Å². The minimum Gasteiger partial charge on any atom is -0.454 e. The van der Waals surface area contributed by atoms with Crippen molar-refractivity contribution in [1.29, 1.82) is 0 Å². The first-order chi connectivity index (χ1) is 11.3. The zero-order valence-electron chi connectivity index (χ0n) is 12.7. The van der Waals surface area contributed by atoms with Crippen molar-refractivity contribution in [2.45, 2.75) is 13.3 Å². The first-order valence-electron chi connectivity index (χ1n) is 7.53. The summed E-state index contributed by atoms with van der Waals surface area (Å²) in [6.45, 7) is 2.44. The van der Waals surface area contributed by atoms with E-state index in [4.69, 9.17) is 9.47 Å². The number of benzene rings is 2. The van der Waals surface area contributed by atoms with Gasteiger partial charge in [0.05, 0.1) is 5.69 Å². The van der Waals surface area contributed by atoms with Crippen LogP contribution in [0.5, 0.6) is 11.5 Å². The molecule has 0 spiro atoms. The zero-order valence-corrected chi connectivity index (χ0v) is 13.5. The van der Waals surface area contributed by atoms with Crippen LogP contribution in [-0.2, 0) is 6.42 Å². The molecule has 23 heavy (non-hydrogen) atoms. The van der Waals surface area contributed by atoms with Crippen molar-refractivity contribution in [1.82, 2.24) is 4.98 Å². The lowest BCUT2D eigenvalue weighted by molar-refractivity contribution is 0.174. The van der Waals surface area contributed by atoms with Gasteiger partial charge in [-0.2, -0.15) is 0 Å². The molecule has 0 amide bonds. The third-order valence-corrected chi connectivity index (χ3v) is 4.54. The predicted molar refractivity (Wildman–Crippen MR) is 92.8 cm³/mol. The van der Waals surface area contributed by atoms with Crippen LogP contribution < -0.4 is 14.8 Å². The Labute approximate surface area is 138 Å². The topological polar surface area (TPSA) is 43.4 Å². The quantitative estimate of drug-likeness (QED) is 0.745. The van der Waals surface area contributed by atoms with Crippen LogP contribution in [0.1, 0.15) is 12.5 Å². The molecule has 0 aliphatic carbocycles. The van der Waals surface area contributed by atoms with Crippen molar-refractivity contribution < 1.29 is 9.47 Å². The molecule has 0 saturated carbocycles. The van der Waals surface area contributed by atoms with E-state index in [1.165, 1.54) is 5.56 Å². The van der Waals surface area contributed by atoms with E-state index in [1.807, 2.05) is 18.2 Å². The van der Waals surface area contributed by atoms with E-state index in [1.54, 1.807) is 11.3 Å². The van der Waals surface area contributed by atoms with Gasteiger partial charge in [0.15, 0.2) is 16.6 Å². The van der Waals surface area contributed by atoms with Crippen LogP contribution >= 0.6 is 11.3 Å². The van der Waals surface area contributed by atoms with Crippen LogP contribution in [0, 0.1) is 0 Å². The molecule has 3 aromatic rings. The number of hydrogen-bond donors (Lipinski definition) is 1. The van der Waals surface area contributed by atoms with Gasteiger partial charge in [-0.1, -0.05) is 31.2 Å². The molecule has 1 aromatic heterocycles. The van der Waals surface area contributed by atoms with Gasteiger partial charge in [-0.3, -0.25) is 0 Å². The highest BCUT2D eigenvalue weighted by molar-refractivity contribution is 7.14. The Kier molecular flexibility index (Phi) is 3.63. The Balaban J connectivity index is 1.53. The Morgan fingerprint density at radius 2 is 1.91 bits per heavy atom. The van der Waals surface area contributed by atoms with Gasteiger partial charge >= 0.3 is 0 Å². The lowest BCUT2D eigenvalue weighted by Crippen LogP contribution is -1.93. The zero-order chi connectivity index (χ0) is 15.6. The molecule has 0 radical (unpaired) electrons. The second-order valence-corrected chi connectivity index (χ2v) is 6.14. The Hall–Kier alpha value is -2.53. The van der Waals surface area contributed by atoms with E-state index in [0.29, 0.717) is 0 Å². The summed E-state index contributed by atoms with van der Waals surface area (Å²) in [4.78, 5) is 4.66. The van der Waals surface area contributed by atoms with Crippen LogP contribution in [0.4, 0.5) is 10.8 Å². The molecule has 0 unspecified atom stereocenters. The summed E-state index contributed by atoms with van der Waals surface area (Å²) >= 11 is 1.59. The van der Waals surface area contributed by atoms with Crippen molar-refractivity contribution in [3.05, 3.63) is 53.4 Å². The standard InChI is InChI=1S/C18H16N2O2S/c1-2-12-3-5-13(6-4-12)15-10-23-18(20-15)19-14-7-8-16-17(9-14)22-11-21-16/h3-10H,2,11H2,1H3,(H,19,20). The van der Waals surface area contributed by atoms with Gasteiger partial charge in [0.2, 0.25) is 6.79 Å². The number of nitrogens with zero attached hydrogens (tertiary/aromatic N) is 1. The molecule has 116 valence electrons. The molecule has 1 N–H and O–H groups in total. The fraction of sp³-hybridized carbons (Fsp3) is 0.167. The highest BCUT2D eigenvalue weighted by atomic mass is 32.1. The van der Waals surface area contributed by atoms with Gasteiger partial charge in [-0.05, 0) is 24.1 Å². The predicted octanol–water partition coefficient (Wildman–Crippen LogP) is 4.84. The van der Waals surface area contributed by atoms with Crippen LogP contribution in [0.15, 0.2) is 47.8 Å². The molecule has 0 bridgehead atoms. The first kappa shape index (κ1) is 14.1. The number of ether oxygens (including phenoxy) is 2. The van der Waals surface area contributed by atoms with Gasteiger partial charge in [0, 0.05) is 22.7 Å². The number of hydrogen-bond acceptors (Lipinski definition) is 5. The number of rotatable bonds is 4. The third-order valence-electron chi connectivity index (χ3n) is 3.79. The van der Waals surface area contributed by atoms with Crippen LogP contribution in [0.25, 0.3) is 11.3 Å². The highest BCUT2D eigenvalue weighted by Gasteiger charge is 2.13. The van der Waals surface area contributed by atoms with Gasteiger partial charge in [0.25, 0.3) is 0 Å². The number of fused-ring (bicyclic) bond motifs is 1. The maximum atomic E-state index is 5.39. The number of aromatic nitrogens is 1. The molecular formula is C18H16N2O2S. The van der Waals surface area contributed by atoms with Crippen molar-refractivity contribution in [3.63, 3.8) is 0 Å². The SMILES string of the molecule is CCc1ccc(-c2csc(Nc3ccc4c(c3)OCO4)n2)cc1. The molecule has 1 aliphatic rings. The van der Waals surface area contributed by atoms with Crippen molar-refractivity contribution in [2.24, 2.45) is 0 Å². The van der Waals surface area contributed by atoms with E-state index < -0.39 is 0 Å².